The minimum absolute atomic E-state index is 0.297. The SMILES string of the molecule is CNc1sc2c(c1C(N)=O)CCCC2.O=Cc1ccco1. The number of aryl methyl sites for hydroxylation is 1. The van der Waals surface area contributed by atoms with Gasteiger partial charge in [0.2, 0.25) is 0 Å². The van der Waals surface area contributed by atoms with E-state index in [4.69, 9.17) is 5.73 Å². The number of nitrogens with two attached hydrogens (primary N) is 1. The normalized spacial score (nSPS) is 12.8. The quantitative estimate of drug-likeness (QED) is 0.854. The van der Waals surface area contributed by atoms with Crippen molar-refractivity contribution >= 4 is 28.5 Å². The summed E-state index contributed by atoms with van der Waals surface area (Å²) in [6.45, 7) is 0. The number of primary amides is 1. The Kier molecular flexibility index (Phi) is 5.16. The number of aldehydes is 1. The van der Waals surface area contributed by atoms with Gasteiger partial charge >= 0.3 is 0 Å². The monoisotopic (exact) mass is 306 g/mol. The van der Waals surface area contributed by atoms with Crippen LogP contribution < -0.4 is 11.1 Å². The lowest BCUT2D eigenvalue weighted by atomic mass is 9.95. The van der Waals surface area contributed by atoms with Crippen LogP contribution in [0.25, 0.3) is 0 Å². The molecule has 2 heterocycles. The maximum Gasteiger partial charge on any atom is 0.251 e. The Morgan fingerprint density at radius 3 is 2.71 bits per heavy atom. The molecule has 5 nitrogen and oxygen atoms in total. The molecule has 3 rings (SSSR count). The van der Waals surface area contributed by atoms with Gasteiger partial charge < -0.3 is 15.5 Å². The first kappa shape index (κ1) is 15.3. The topological polar surface area (TPSA) is 85.3 Å². The Bertz CT molecular complexity index is 617. The molecular weight excluding hydrogens is 288 g/mol. The molecular formula is C15H18N2O3S. The number of amides is 1. The van der Waals surface area contributed by atoms with Crippen molar-refractivity contribution < 1.29 is 14.0 Å². The lowest BCUT2D eigenvalue weighted by Gasteiger charge is -2.10. The van der Waals surface area contributed by atoms with Crippen LogP contribution in [0.4, 0.5) is 5.00 Å². The molecule has 2 aromatic heterocycles. The molecule has 112 valence electrons. The van der Waals surface area contributed by atoms with Crippen LogP contribution >= 0.6 is 11.3 Å². The molecule has 0 atom stereocenters. The molecule has 1 aliphatic rings. The number of carbonyl (C=O) groups excluding carboxylic acids is 2. The summed E-state index contributed by atoms with van der Waals surface area (Å²) in [5, 5.41) is 3.99. The van der Waals surface area contributed by atoms with Gasteiger partial charge in [-0.05, 0) is 43.4 Å². The summed E-state index contributed by atoms with van der Waals surface area (Å²) in [5.74, 6) is 0.0775. The molecule has 0 saturated carbocycles. The molecule has 0 spiro atoms. The molecule has 6 heteroatoms. The summed E-state index contributed by atoms with van der Waals surface area (Å²) in [6, 6.07) is 3.27. The van der Waals surface area contributed by atoms with Crippen LogP contribution in [0, 0.1) is 0 Å². The minimum atomic E-state index is -0.297. The number of rotatable bonds is 3. The minimum Gasteiger partial charge on any atom is -0.462 e. The number of hydrogen-bond acceptors (Lipinski definition) is 5. The molecule has 1 aliphatic carbocycles. The summed E-state index contributed by atoms with van der Waals surface area (Å²) < 4.78 is 4.61. The van der Waals surface area contributed by atoms with Crippen LogP contribution in [0.3, 0.4) is 0 Å². The second kappa shape index (κ2) is 7.08. The fourth-order valence-electron chi connectivity index (χ4n) is 2.36. The van der Waals surface area contributed by atoms with E-state index in [1.54, 1.807) is 23.5 Å². The summed E-state index contributed by atoms with van der Waals surface area (Å²) in [5.41, 5.74) is 7.31. The number of nitrogens with one attached hydrogen (secondary N) is 1. The van der Waals surface area contributed by atoms with E-state index in [1.165, 1.54) is 29.5 Å². The lowest BCUT2D eigenvalue weighted by Crippen LogP contribution is -2.15. The van der Waals surface area contributed by atoms with Crippen molar-refractivity contribution in [2.45, 2.75) is 25.7 Å². The molecule has 0 saturated heterocycles. The third kappa shape index (κ3) is 3.52. The van der Waals surface area contributed by atoms with Gasteiger partial charge in [0.25, 0.3) is 5.91 Å². The first-order valence-corrected chi connectivity index (χ1v) is 7.59. The Morgan fingerprint density at radius 1 is 1.43 bits per heavy atom. The van der Waals surface area contributed by atoms with Gasteiger partial charge in [-0.15, -0.1) is 11.3 Å². The number of carbonyl (C=O) groups is 2. The summed E-state index contributed by atoms with van der Waals surface area (Å²) in [6.07, 6.45) is 6.64. The van der Waals surface area contributed by atoms with Gasteiger partial charge in [0, 0.05) is 11.9 Å². The first-order chi connectivity index (χ1) is 10.2. The van der Waals surface area contributed by atoms with Crippen LogP contribution in [0.15, 0.2) is 22.8 Å². The van der Waals surface area contributed by atoms with E-state index < -0.39 is 0 Å². The Balaban J connectivity index is 0.000000194. The number of thiophene rings is 1. The fraction of sp³-hybridized carbons (Fsp3) is 0.333. The van der Waals surface area contributed by atoms with E-state index in [0.29, 0.717) is 12.0 Å². The lowest BCUT2D eigenvalue weighted by molar-refractivity contribution is 0.0999. The molecule has 0 unspecified atom stereocenters. The Morgan fingerprint density at radius 2 is 2.19 bits per heavy atom. The maximum absolute atomic E-state index is 11.3. The third-order valence-electron chi connectivity index (χ3n) is 3.30. The zero-order chi connectivity index (χ0) is 15.2. The van der Waals surface area contributed by atoms with E-state index in [9.17, 15) is 9.59 Å². The van der Waals surface area contributed by atoms with E-state index in [0.717, 1.165) is 23.4 Å². The van der Waals surface area contributed by atoms with Crippen LogP contribution in [-0.4, -0.2) is 19.2 Å². The highest BCUT2D eigenvalue weighted by molar-refractivity contribution is 7.16. The third-order valence-corrected chi connectivity index (χ3v) is 4.61. The molecule has 0 aromatic carbocycles. The second-order valence-electron chi connectivity index (χ2n) is 4.66. The number of furan rings is 1. The van der Waals surface area contributed by atoms with Crippen LogP contribution in [0.1, 0.15) is 44.2 Å². The summed E-state index contributed by atoms with van der Waals surface area (Å²) >= 11 is 1.68. The number of hydrogen-bond donors (Lipinski definition) is 2. The smallest absolute Gasteiger partial charge is 0.251 e. The summed E-state index contributed by atoms with van der Waals surface area (Å²) in [7, 11) is 1.84. The van der Waals surface area contributed by atoms with E-state index in [1.807, 2.05) is 7.05 Å². The second-order valence-corrected chi connectivity index (χ2v) is 5.77. The first-order valence-electron chi connectivity index (χ1n) is 6.78. The van der Waals surface area contributed by atoms with Crippen molar-refractivity contribution in [3.05, 3.63) is 40.2 Å². The van der Waals surface area contributed by atoms with Gasteiger partial charge in [0.05, 0.1) is 11.8 Å². The van der Waals surface area contributed by atoms with E-state index in [2.05, 4.69) is 9.73 Å². The van der Waals surface area contributed by atoms with Gasteiger partial charge in [-0.2, -0.15) is 0 Å². The molecule has 0 bridgehead atoms. The zero-order valence-electron chi connectivity index (χ0n) is 11.8. The zero-order valence-corrected chi connectivity index (χ0v) is 12.7. The van der Waals surface area contributed by atoms with Crippen molar-refractivity contribution in [2.75, 3.05) is 12.4 Å². The van der Waals surface area contributed by atoms with Crippen LogP contribution in [0.5, 0.6) is 0 Å². The van der Waals surface area contributed by atoms with Gasteiger partial charge in [0.1, 0.15) is 5.00 Å². The van der Waals surface area contributed by atoms with Crippen molar-refractivity contribution in [1.29, 1.82) is 0 Å². The highest BCUT2D eigenvalue weighted by Gasteiger charge is 2.22. The molecule has 0 aliphatic heterocycles. The number of anilines is 1. The van der Waals surface area contributed by atoms with Gasteiger partial charge in [0.15, 0.2) is 12.0 Å². The molecule has 1 amide bonds. The van der Waals surface area contributed by atoms with Gasteiger partial charge in [-0.3, -0.25) is 9.59 Å². The van der Waals surface area contributed by atoms with Crippen molar-refractivity contribution in [3.63, 3.8) is 0 Å². The highest BCUT2D eigenvalue weighted by atomic mass is 32.1. The van der Waals surface area contributed by atoms with Crippen molar-refractivity contribution in [1.82, 2.24) is 0 Å². The van der Waals surface area contributed by atoms with E-state index >= 15 is 0 Å². The van der Waals surface area contributed by atoms with E-state index in [-0.39, 0.29) is 5.91 Å². The van der Waals surface area contributed by atoms with Crippen LogP contribution in [0.2, 0.25) is 0 Å². The fourth-order valence-corrected chi connectivity index (χ4v) is 3.61. The average Bonchev–Trinajstić information content (AvgIpc) is 3.14. The van der Waals surface area contributed by atoms with Gasteiger partial charge in [-0.1, -0.05) is 0 Å². The Hall–Kier alpha value is -2.08. The van der Waals surface area contributed by atoms with Crippen molar-refractivity contribution in [3.8, 4) is 0 Å². The maximum atomic E-state index is 11.3. The molecule has 3 N–H and O–H groups in total. The summed E-state index contributed by atoms with van der Waals surface area (Å²) in [4.78, 5) is 22.4. The molecule has 0 radical (unpaired) electrons. The predicted molar refractivity (Wildman–Crippen MR) is 83.1 cm³/mol. The predicted octanol–water partition coefficient (Wildman–Crippen LogP) is 2.86. The number of fused-ring (bicyclic) bond motifs is 1. The largest absolute Gasteiger partial charge is 0.462 e. The highest BCUT2D eigenvalue weighted by Crippen LogP contribution is 2.37. The molecule has 21 heavy (non-hydrogen) atoms. The van der Waals surface area contributed by atoms with Crippen molar-refractivity contribution in [2.24, 2.45) is 5.73 Å². The Labute approximate surface area is 127 Å². The van der Waals surface area contributed by atoms with Gasteiger partial charge in [-0.25, -0.2) is 0 Å². The standard InChI is InChI=1S/C10H14N2OS.C5H4O2/c1-12-10-8(9(11)13)6-4-2-3-5-7(6)14-10;6-4-5-2-1-3-7-5/h12H,2-5H2,1H3,(H2,11,13);1-4H. The molecule has 2 aromatic rings. The average molecular weight is 306 g/mol. The molecule has 0 fully saturated rings. The van der Waals surface area contributed by atoms with Crippen LogP contribution in [-0.2, 0) is 12.8 Å².